The quantitative estimate of drug-likeness (QED) is 0.108. The zero-order valence-electron chi connectivity index (χ0n) is 29.3. The van der Waals surface area contributed by atoms with Crippen LogP contribution in [-0.4, -0.2) is 83.6 Å². The number of hydrogen-bond donors (Lipinski definition) is 4. The molecule has 0 unspecified atom stereocenters. The van der Waals surface area contributed by atoms with Gasteiger partial charge in [-0.25, -0.2) is 14.8 Å². The molecule has 6 rings (SSSR count). The van der Waals surface area contributed by atoms with E-state index in [4.69, 9.17) is 14.7 Å². The Morgan fingerprint density at radius 1 is 0.962 bits per heavy atom. The van der Waals surface area contributed by atoms with Gasteiger partial charge in [0.25, 0.3) is 0 Å². The first-order chi connectivity index (χ1) is 25.5. The Kier molecular flexibility index (Phi) is 11.6. The van der Waals surface area contributed by atoms with Gasteiger partial charge in [0, 0.05) is 44.6 Å². The Morgan fingerprint density at radius 2 is 1.66 bits per heavy atom. The van der Waals surface area contributed by atoms with Gasteiger partial charge in [0.05, 0.1) is 30.4 Å². The van der Waals surface area contributed by atoms with E-state index in [1.54, 1.807) is 13.3 Å². The number of nitrogens with one attached hydrogen (secondary N) is 3. The minimum Gasteiger partial charge on any atom is -0.451 e. The fourth-order valence-electron chi connectivity index (χ4n) is 6.66. The number of benzene rings is 2. The molecule has 1 amide bonds. The SMILES string of the molecule is CCC(=O)N[C@H]1C[C@@H](n2cnc3c(NCCC(c4ccccc4)c4ccccc4)nc(NCCc4cn(CC)cn4)nc32)[C@H](OC(=O)C(F)(F)F)[C@@H]1O. The average Bonchev–Trinajstić information content (AvgIpc) is 3.88. The van der Waals surface area contributed by atoms with Crippen LogP contribution in [0, 0.1) is 0 Å². The predicted octanol–water partition coefficient (Wildman–Crippen LogP) is 5.01. The number of alkyl halides is 3. The van der Waals surface area contributed by atoms with Crippen molar-refractivity contribution in [2.45, 2.75) is 82.5 Å². The maximum absolute atomic E-state index is 13.4. The minimum atomic E-state index is -5.30. The molecule has 0 saturated heterocycles. The molecule has 0 radical (unpaired) electrons. The van der Waals surface area contributed by atoms with E-state index in [9.17, 15) is 27.9 Å². The molecule has 280 valence electrons. The molecule has 1 aliphatic rings. The maximum Gasteiger partial charge on any atom is 0.490 e. The second kappa shape index (κ2) is 16.4. The van der Waals surface area contributed by atoms with E-state index in [0.29, 0.717) is 37.3 Å². The molecular weight excluding hydrogens is 691 g/mol. The number of ether oxygens (including phenoxy) is 1. The van der Waals surface area contributed by atoms with E-state index < -0.39 is 42.3 Å². The molecule has 2 aromatic carbocycles. The third kappa shape index (κ3) is 8.76. The number of aliphatic hydroxyl groups is 1. The standard InChI is InChI=1S/C37H42F3N9O4/c1-3-29(50)45-27-19-28(32(31(27)51)53-35(52)37(38,39)40)49-22-44-30-33(46-36(47-34(30)49)42-17-15-25-20-48(4-2)21-43-25)41-18-16-26(23-11-7-5-8-12-23)24-13-9-6-10-14-24/h5-14,20-22,26-28,31-32,51H,3-4,15-19H2,1-2H3,(H,45,50)(H2,41,42,46,47)/t27-,28+,31+,32-/m0/s1. The summed E-state index contributed by atoms with van der Waals surface area (Å²) in [6.45, 7) is 5.30. The molecule has 4 N–H and O–H groups in total. The number of nitrogens with zero attached hydrogens (tertiary/aromatic N) is 6. The molecule has 1 saturated carbocycles. The van der Waals surface area contributed by atoms with Crippen LogP contribution in [0.3, 0.4) is 0 Å². The van der Waals surface area contributed by atoms with Crippen molar-refractivity contribution in [3.05, 3.63) is 96.3 Å². The first kappa shape index (κ1) is 37.3. The molecule has 13 nitrogen and oxygen atoms in total. The van der Waals surface area contributed by atoms with Crippen LogP contribution >= 0.6 is 0 Å². The Bertz CT molecular complexity index is 1950. The number of amides is 1. The summed E-state index contributed by atoms with van der Waals surface area (Å²) in [6.07, 6.45) is -2.24. The number of anilines is 2. The lowest BCUT2D eigenvalue weighted by atomic mass is 9.88. The van der Waals surface area contributed by atoms with Gasteiger partial charge < -0.3 is 34.9 Å². The zero-order valence-corrected chi connectivity index (χ0v) is 29.3. The number of hydrogen-bond acceptors (Lipinski definition) is 10. The van der Waals surface area contributed by atoms with Gasteiger partial charge in [0.2, 0.25) is 11.9 Å². The Morgan fingerprint density at radius 3 is 2.28 bits per heavy atom. The second-order valence-corrected chi connectivity index (χ2v) is 12.9. The molecule has 0 spiro atoms. The Labute approximate surface area is 304 Å². The minimum absolute atomic E-state index is 0.0559. The summed E-state index contributed by atoms with van der Waals surface area (Å²) in [6, 6.07) is 18.2. The molecule has 0 bridgehead atoms. The van der Waals surface area contributed by atoms with Gasteiger partial charge in [-0.05, 0) is 30.9 Å². The van der Waals surface area contributed by atoms with E-state index in [-0.39, 0.29) is 30.4 Å². The topological polar surface area (TPSA) is 161 Å². The number of carbonyl (C=O) groups excluding carboxylic acids is 2. The van der Waals surface area contributed by atoms with E-state index >= 15 is 0 Å². The first-order valence-corrected chi connectivity index (χ1v) is 17.6. The third-order valence-electron chi connectivity index (χ3n) is 9.39. The summed E-state index contributed by atoms with van der Waals surface area (Å²) in [4.78, 5) is 42.7. The summed E-state index contributed by atoms with van der Waals surface area (Å²) in [5, 5.41) is 20.4. The van der Waals surface area contributed by atoms with Crippen LogP contribution in [0.2, 0.25) is 0 Å². The molecule has 5 aromatic rings. The number of aliphatic hydroxyl groups excluding tert-OH is 1. The highest BCUT2D eigenvalue weighted by atomic mass is 19.4. The van der Waals surface area contributed by atoms with Gasteiger partial charge in [-0.2, -0.15) is 23.1 Å². The van der Waals surface area contributed by atoms with Crippen molar-refractivity contribution in [1.82, 2.24) is 34.4 Å². The van der Waals surface area contributed by atoms with Crippen LogP contribution < -0.4 is 16.0 Å². The fraction of sp³-hybridized carbons (Fsp3) is 0.405. The molecule has 16 heteroatoms. The van der Waals surface area contributed by atoms with E-state index in [2.05, 4.69) is 50.2 Å². The molecule has 53 heavy (non-hydrogen) atoms. The van der Waals surface area contributed by atoms with Crippen molar-refractivity contribution in [1.29, 1.82) is 0 Å². The maximum atomic E-state index is 13.4. The number of halogens is 3. The zero-order chi connectivity index (χ0) is 37.5. The summed E-state index contributed by atoms with van der Waals surface area (Å²) < 4.78 is 48.5. The number of carbonyl (C=O) groups is 2. The first-order valence-electron chi connectivity index (χ1n) is 17.6. The van der Waals surface area contributed by atoms with Gasteiger partial charge in [0.15, 0.2) is 23.1 Å². The smallest absolute Gasteiger partial charge is 0.451 e. The van der Waals surface area contributed by atoms with E-state index in [0.717, 1.165) is 23.4 Å². The van der Waals surface area contributed by atoms with Crippen molar-refractivity contribution in [2.24, 2.45) is 0 Å². The number of aryl methyl sites for hydroxylation is 1. The van der Waals surface area contributed by atoms with Crippen LogP contribution in [-0.2, 0) is 27.3 Å². The highest BCUT2D eigenvalue weighted by Crippen LogP contribution is 2.38. The molecular formula is C37H42F3N9O4. The molecule has 3 heterocycles. The highest BCUT2D eigenvalue weighted by molar-refractivity contribution is 5.84. The average molecular weight is 734 g/mol. The summed E-state index contributed by atoms with van der Waals surface area (Å²) in [5.74, 6) is -2.20. The van der Waals surface area contributed by atoms with E-state index in [1.165, 1.54) is 10.9 Å². The number of fused-ring (bicyclic) bond motifs is 1. The van der Waals surface area contributed by atoms with Crippen LogP contribution in [0.4, 0.5) is 24.9 Å². The number of aromatic nitrogens is 6. The van der Waals surface area contributed by atoms with Crippen LogP contribution in [0.25, 0.3) is 11.2 Å². The van der Waals surface area contributed by atoms with Crippen LogP contribution in [0.5, 0.6) is 0 Å². The monoisotopic (exact) mass is 733 g/mol. The lowest BCUT2D eigenvalue weighted by molar-refractivity contribution is -0.209. The van der Waals surface area contributed by atoms with Gasteiger partial charge in [-0.3, -0.25) is 4.79 Å². The number of rotatable bonds is 15. The van der Waals surface area contributed by atoms with Gasteiger partial charge in [-0.1, -0.05) is 67.6 Å². The van der Waals surface area contributed by atoms with Gasteiger partial charge in [-0.15, -0.1) is 0 Å². The second-order valence-electron chi connectivity index (χ2n) is 12.9. The summed E-state index contributed by atoms with van der Waals surface area (Å²) in [7, 11) is 0. The van der Waals surface area contributed by atoms with E-state index in [1.807, 2.05) is 54.1 Å². The largest absolute Gasteiger partial charge is 0.490 e. The third-order valence-corrected chi connectivity index (χ3v) is 9.39. The highest BCUT2D eigenvalue weighted by Gasteiger charge is 2.51. The van der Waals surface area contributed by atoms with Crippen molar-refractivity contribution < 1.29 is 32.6 Å². The molecule has 0 aliphatic heterocycles. The normalized spacial score (nSPS) is 18.7. The molecule has 1 aliphatic carbocycles. The van der Waals surface area contributed by atoms with Crippen molar-refractivity contribution in [3.8, 4) is 0 Å². The van der Waals surface area contributed by atoms with Crippen LogP contribution in [0.1, 0.15) is 61.9 Å². The van der Waals surface area contributed by atoms with Crippen molar-refractivity contribution >= 4 is 34.8 Å². The molecule has 4 atom stereocenters. The molecule has 3 aromatic heterocycles. The lowest BCUT2D eigenvalue weighted by Crippen LogP contribution is -2.45. The fourth-order valence-corrected chi connectivity index (χ4v) is 6.66. The number of imidazole rings is 2. The predicted molar refractivity (Wildman–Crippen MR) is 191 cm³/mol. The van der Waals surface area contributed by atoms with Crippen molar-refractivity contribution in [2.75, 3.05) is 23.7 Å². The van der Waals surface area contributed by atoms with Crippen LogP contribution in [0.15, 0.2) is 79.5 Å². The lowest BCUT2D eigenvalue weighted by Gasteiger charge is -2.24. The summed E-state index contributed by atoms with van der Waals surface area (Å²) in [5.41, 5.74) is 3.72. The Hall–Kier alpha value is -5.51. The van der Waals surface area contributed by atoms with Gasteiger partial charge in [0.1, 0.15) is 6.10 Å². The number of esters is 1. The Balaban J connectivity index is 1.32. The van der Waals surface area contributed by atoms with Crippen molar-refractivity contribution in [3.63, 3.8) is 0 Å². The summed E-state index contributed by atoms with van der Waals surface area (Å²) >= 11 is 0. The molecule has 1 fully saturated rings. The van der Waals surface area contributed by atoms with Gasteiger partial charge >= 0.3 is 12.1 Å².